The number of hydrogen-bond donors (Lipinski definition) is 1. The van der Waals surface area contributed by atoms with E-state index in [4.69, 9.17) is 14.2 Å². The summed E-state index contributed by atoms with van der Waals surface area (Å²) in [5.41, 5.74) is 3.68. The van der Waals surface area contributed by atoms with E-state index in [1.165, 1.54) is 14.2 Å². The molecule has 0 bridgehead atoms. The minimum Gasteiger partial charge on any atom is -0.497 e. The SMILES string of the molecule is CCCOc1ccccc1/C=N\NC(=O)c1cc(OC)cc(OC)c1. The summed E-state index contributed by atoms with van der Waals surface area (Å²) in [7, 11) is 3.06. The Bertz CT molecular complexity index is 722. The third kappa shape index (κ3) is 5.24. The zero-order chi connectivity index (χ0) is 18.1. The molecule has 0 fully saturated rings. The van der Waals surface area contributed by atoms with E-state index in [2.05, 4.69) is 10.5 Å². The zero-order valence-corrected chi connectivity index (χ0v) is 14.6. The quantitative estimate of drug-likeness (QED) is 0.590. The molecule has 2 rings (SSSR count). The average molecular weight is 342 g/mol. The first kappa shape index (κ1) is 18.3. The Hall–Kier alpha value is -3.02. The number of carbonyl (C=O) groups excluding carboxylic acids is 1. The lowest BCUT2D eigenvalue weighted by Gasteiger charge is -2.08. The number of nitrogens with one attached hydrogen (secondary N) is 1. The van der Waals surface area contributed by atoms with Gasteiger partial charge in [0, 0.05) is 17.2 Å². The molecule has 25 heavy (non-hydrogen) atoms. The lowest BCUT2D eigenvalue weighted by molar-refractivity contribution is 0.0954. The lowest BCUT2D eigenvalue weighted by atomic mass is 10.2. The molecule has 0 saturated heterocycles. The zero-order valence-electron chi connectivity index (χ0n) is 14.6. The van der Waals surface area contributed by atoms with Gasteiger partial charge in [0.25, 0.3) is 5.91 Å². The minimum absolute atomic E-state index is 0.361. The van der Waals surface area contributed by atoms with E-state index in [-0.39, 0.29) is 5.91 Å². The third-order valence-corrected chi connectivity index (χ3v) is 3.36. The standard InChI is InChI=1S/C19H22N2O4/c1-4-9-25-18-8-6-5-7-14(18)13-20-21-19(22)15-10-16(23-2)12-17(11-15)24-3/h5-8,10-13H,4,9H2,1-3H3,(H,21,22)/b20-13-. The molecule has 1 N–H and O–H groups in total. The third-order valence-electron chi connectivity index (χ3n) is 3.36. The van der Waals surface area contributed by atoms with Gasteiger partial charge in [-0.2, -0.15) is 5.10 Å². The van der Waals surface area contributed by atoms with Crippen molar-refractivity contribution in [2.24, 2.45) is 5.10 Å². The minimum atomic E-state index is -0.361. The molecule has 6 heteroatoms. The summed E-state index contributed by atoms with van der Waals surface area (Å²) < 4.78 is 16.0. The van der Waals surface area contributed by atoms with Crippen molar-refractivity contribution in [3.8, 4) is 17.2 Å². The van der Waals surface area contributed by atoms with Crippen LogP contribution in [0.2, 0.25) is 0 Å². The molecule has 0 aromatic heterocycles. The van der Waals surface area contributed by atoms with Crippen LogP contribution >= 0.6 is 0 Å². The Morgan fingerprint density at radius 3 is 2.44 bits per heavy atom. The van der Waals surface area contributed by atoms with Crippen LogP contribution in [0, 0.1) is 0 Å². The summed E-state index contributed by atoms with van der Waals surface area (Å²) in [6, 6.07) is 12.4. The maximum atomic E-state index is 12.3. The smallest absolute Gasteiger partial charge is 0.271 e. The molecule has 0 aliphatic carbocycles. The Kier molecular flexibility index (Phi) is 6.83. The van der Waals surface area contributed by atoms with Crippen LogP contribution in [-0.4, -0.2) is 32.9 Å². The fourth-order valence-corrected chi connectivity index (χ4v) is 2.09. The summed E-state index contributed by atoms with van der Waals surface area (Å²) in [5, 5.41) is 4.01. The van der Waals surface area contributed by atoms with Gasteiger partial charge in [-0.25, -0.2) is 5.43 Å². The number of nitrogens with zero attached hydrogens (tertiary/aromatic N) is 1. The van der Waals surface area contributed by atoms with Crippen LogP contribution in [-0.2, 0) is 0 Å². The van der Waals surface area contributed by atoms with Crippen LogP contribution in [0.15, 0.2) is 47.6 Å². The largest absolute Gasteiger partial charge is 0.497 e. The van der Waals surface area contributed by atoms with Gasteiger partial charge in [-0.1, -0.05) is 19.1 Å². The van der Waals surface area contributed by atoms with Gasteiger partial charge >= 0.3 is 0 Å². The predicted octanol–water partition coefficient (Wildman–Crippen LogP) is 3.26. The van der Waals surface area contributed by atoms with E-state index < -0.39 is 0 Å². The number of amides is 1. The Morgan fingerprint density at radius 1 is 1.12 bits per heavy atom. The van der Waals surface area contributed by atoms with E-state index in [0.29, 0.717) is 23.7 Å². The molecule has 0 aliphatic rings. The van der Waals surface area contributed by atoms with Crippen molar-refractivity contribution in [2.75, 3.05) is 20.8 Å². The van der Waals surface area contributed by atoms with Crippen LogP contribution in [0.25, 0.3) is 0 Å². The number of methoxy groups -OCH3 is 2. The molecule has 0 heterocycles. The van der Waals surface area contributed by atoms with Crippen molar-refractivity contribution in [2.45, 2.75) is 13.3 Å². The maximum Gasteiger partial charge on any atom is 0.271 e. The predicted molar refractivity (Wildman–Crippen MR) is 96.8 cm³/mol. The van der Waals surface area contributed by atoms with E-state index in [1.54, 1.807) is 24.4 Å². The first-order valence-corrected chi connectivity index (χ1v) is 7.96. The Morgan fingerprint density at radius 2 is 1.80 bits per heavy atom. The number of carbonyl (C=O) groups is 1. The van der Waals surface area contributed by atoms with Crippen molar-refractivity contribution in [1.29, 1.82) is 0 Å². The van der Waals surface area contributed by atoms with E-state index in [0.717, 1.165) is 17.7 Å². The number of para-hydroxylation sites is 1. The highest BCUT2D eigenvalue weighted by molar-refractivity contribution is 5.95. The number of hydrogen-bond acceptors (Lipinski definition) is 5. The summed E-state index contributed by atoms with van der Waals surface area (Å²) >= 11 is 0. The van der Waals surface area contributed by atoms with Gasteiger partial charge in [0.2, 0.25) is 0 Å². The molecule has 132 valence electrons. The van der Waals surface area contributed by atoms with Crippen molar-refractivity contribution in [3.05, 3.63) is 53.6 Å². The van der Waals surface area contributed by atoms with Crippen molar-refractivity contribution >= 4 is 12.1 Å². The fraction of sp³-hybridized carbons (Fsp3) is 0.263. The monoisotopic (exact) mass is 342 g/mol. The highest BCUT2D eigenvalue weighted by atomic mass is 16.5. The first-order chi connectivity index (χ1) is 12.2. The van der Waals surface area contributed by atoms with Crippen LogP contribution in [0.4, 0.5) is 0 Å². The molecule has 0 spiro atoms. The Labute approximate surface area is 147 Å². The number of hydrazone groups is 1. The molecule has 2 aromatic carbocycles. The lowest BCUT2D eigenvalue weighted by Crippen LogP contribution is -2.17. The van der Waals surface area contributed by atoms with Gasteiger partial charge in [-0.3, -0.25) is 4.79 Å². The van der Waals surface area contributed by atoms with Crippen LogP contribution in [0.1, 0.15) is 29.3 Å². The maximum absolute atomic E-state index is 12.3. The summed E-state index contributed by atoms with van der Waals surface area (Å²) in [6.45, 7) is 2.67. The Balaban J connectivity index is 2.08. The van der Waals surface area contributed by atoms with Crippen LogP contribution < -0.4 is 19.6 Å². The van der Waals surface area contributed by atoms with Gasteiger partial charge in [0.15, 0.2) is 0 Å². The van der Waals surface area contributed by atoms with E-state index in [1.807, 2.05) is 31.2 Å². The first-order valence-electron chi connectivity index (χ1n) is 7.96. The number of rotatable bonds is 8. The van der Waals surface area contributed by atoms with Gasteiger partial charge in [0.1, 0.15) is 17.2 Å². The molecular formula is C19H22N2O4. The molecule has 0 aliphatic heterocycles. The van der Waals surface area contributed by atoms with Crippen molar-refractivity contribution < 1.29 is 19.0 Å². The molecular weight excluding hydrogens is 320 g/mol. The molecule has 2 aromatic rings. The molecule has 0 saturated carbocycles. The van der Waals surface area contributed by atoms with Gasteiger partial charge < -0.3 is 14.2 Å². The fourth-order valence-electron chi connectivity index (χ4n) is 2.09. The van der Waals surface area contributed by atoms with Gasteiger partial charge in [-0.05, 0) is 30.7 Å². The summed E-state index contributed by atoms with van der Waals surface area (Å²) in [5.74, 6) is 1.43. The second kappa shape index (κ2) is 9.32. The van der Waals surface area contributed by atoms with Gasteiger partial charge in [0.05, 0.1) is 27.0 Å². The molecule has 0 unspecified atom stereocenters. The van der Waals surface area contributed by atoms with Crippen molar-refractivity contribution in [1.82, 2.24) is 5.43 Å². The topological polar surface area (TPSA) is 69.2 Å². The van der Waals surface area contributed by atoms with Crippen LogP contribution in [0.3, 0.4) is 0 Å². The van der Waals surface area contributed by atoms with Crippen molar-refractivity contribution in [3.63, 3.8) is 0 Å². The number of ether oxygens (including phenoxy) is 3. The van der Waals surface area contributed by atoms with E-state index >= 15 is 0 Å². The highest BCUT2D eigenvalue weighted by Crippen LogP contribution is 2.22. The van der Waals surface area contributed by atoms with Crippen LogP contribution in [0.5, 0.6) is 17.2 Å². The molecule has 0 atom stereocenters. The average Bonchev–Trinajstić information content (AvgIpc) is 2.66. The van der Waals surface area contributed by atoms with Gasteiger partial charge in [-0.15, -0.1) is 0 Å². The number of benzene rings is 2. The normalized spacial score (nSPS) is 10.5. The second-order valence-corrected chi connectivity index (χ2v) is 5.19. The molecule has 1 amide bonds. The summed E-state index contributed by atoms with van der Waals surface area (Å²) in [4.78, 5) is 12.3. The molecule has 0 radical (unpaired) electrons. The highest BCUT2D eigenvalue weighted by Gasteiger charge is 2.09. The second-order valence-electron chi connectivity index (χ2n) is 5.19. The van der Waals surface area contributed by atoms with E-state index in [9.17, 15) is 4.79 Å². The molecule has 6 nitrogen and oxygen atoms in total. The summed E-state index contributed by atoms with van der Waals surface area (Å²) in [6.07, 6.45) is 2.47.